The lowest BCUT2D eigenvalue weighted by molar-refractivity contribution is -0.180. The van der Waals surface area contributed by atoms with E-state index < -0.39 is 11.6 Å². The highest BCUT2D eigenvalue weighted by Gasteiger charge is 2.48. The number of carbonyl (C=O) groups excluding carboxylic acids is 1. The summed E-state index contributed by atoms with van der Waals surface area (Å²) >= 11 is 0. The zero-order chi connectivity index (χ0) is 28.8. The fraction of sp³-hybridized carbons (Fsp3) is 0.419. The van der Waals surface area contributed by atoms with E-state index in [9.17, 15) is 18.0 Å². The van der Waals surface area contributed by atoms with Crippen molar-refractivity contribution in [2.24, 2.45) is 5.73 Å². The van der Waals surface area contributed by atoms with E-state index in [0.29, 0.717) is 13.0 Å². The number of alkyl halides is 3. The Kier molecular flexibility index (Phi) is 9.60. The number of nitrogens with two attached hydrogens (primary N) is 1. The monoisotopic (exact) mass is 554 g/mol. The summed E-state index contributed by atoms with van der Waals surface area (Å²) in [5.74, 6) is -0.244. The minimum absolute atomic E-state index is 0.00549. The molecular formula is C31H37F3N4O2. The molecule has 0 radical (unpaired) electrons. The van der Waals surface area contributed by atoms with Crippen LogP contribution < -0.4 is 5.73 Å². The minimum atomic E-state index is -4.32. The van der Waals surface area contributed by atoms with Crippen molar-refractivity contribution in [2.75, 3.05) is 32.8 Å². The highest BCUT2D eigenvalue weighted by atomic mass is 19.4. The summed E-state index contributed by atoms with van der Waals surface area (Å²) in [6, 6.07) is 18.7. The molecular weight excluding hydrogens is 517 g/mol. The van der Waals surface area contributed by atoms with Gasteiger partial charge in [0.2, 0.25) is 0 Å². The molecule has 0 unspecified atom stereocenters. The smallest absolute Gasteiger partial charge is 0.397 e. The zero-order valence-corrected chi connectivity index (χ0v) is 23.0. The first-order chi connectivity index (χ1) is 19.1. The third kappa shape index (κ3) is 7.47. The molecule has 0 aliphatic carbocycles. The number of aromatic nitrogens is 1. The number of hydrogen-bond donors (Lipinski definition) is 1. The standard InChI is InChI=1S/C31H37F3N4O2/c1-30(2,31(32,33)34)27-9-7-26(8-10-27)25-5-3-23(4-6-25)20-37-16-17-38(21-24-11-14-36-15-12-24)28(22-37)19-29(39)40-18-13-35/h3-12,14-15,28H,13,16-22,35H2,1-2H3/t28-/m1/s1. The molecule has 0 spiro atoms. The summed E-state index contributed by atoms with van der Waals surface area (Å²) in [5, 5.41) is 0. The Morgan fingerprint density at radius 2 is 1.52 bits per heavy atom. The van der Waals surface area contributed by atoms with Gasteiger partial charge >= 0.3 is 12.1 Å². The maximum absolute atomic E-state index is 13.4. The number of esters is 1. The normalized spacial score (nSPS) is 17.1. The molecule has 40 heavy (non-hydrogen) atoms. The molecule has 0 amide bonds. The third-order valence-electron chi connectivity index (χ3n) is 7.62. The largest absolute Gasteiger partial charge is 0.464 e. The lowest BCUT2D eigenvalue weighted by atomic mass is 9.83. The molecule has 1 aliphatic heterocycles. The molecule has 2 heterocycles. The number of hydrogen-bond acceptors (Lipinski definition) is 6. The van der Waals surface area contributed by atoms with E-state index in [1.165, 1.54) is 13.8 Å². The fourth-order valence-corrected chi connectivity index (χ4v) is 4.95. The Hall–Kier alpha value is -3.27. The number of pyridine rings is 1. The van der Waals surface area contributed by atoms with Crippen LogP contribution in [0.25, 0.3) is 11.1 Å². The maximum atomic E-state index is 13.4. The average molecular weight is 555 g/mol. The summed E-state index contributed by atoms with van der Waals surface area (Å²) in [6.45, 7) is 6.78. The van der Waals surface area contributed by atoms with Crippen LogP contribution in [0.5, 0.6) is 0 Å². The van der Waals surface area contributed by atoms with Gasteiger partial charge in [-0.1, -0.05) is 48.5 Å². The van der Waals surface area contributed by atoms with Gasteiger partial charge in [-0.05, 0) is 53.8 Å². The predicted molar refractivity (Wildman–Crippen MR) is 149 cm³/mol. The van der Waals surface area contributed by atoms with E-state index in [2.05, 4.69) is 26.9 Å². The number of ether oxygens (including phenoxy) is 1. The summed E-state index contributed by atoms with van der Waals surface area (Å²) in [6.07, 6.45) is -0.471. The second kappa shape index (κ2) is 12.9. The second-order valence-corrected chi connectivity index (χ2v) is 10.8. The molecule has 1 aromatic heterocycles. The number of halogens is 3. The molecule has 1 saturated heterocycles. The number of rotatable bonds is 10. The summed E-state index contributed by atoms with van der Waals surface area (Å²) in [4.78, 5) is 21.2. The van der Waals surface area contributed by atoms with Gasteiger partial charge in [0, 0.05) is 57.7 Å². The van der Waals surface area contributed by atoms with Crippen LogP contribution in [0.2, 0.25) is 0 Å². The van der Waals surface area contributed by atoms with Crippen molar-refractivity contribution in [3.8, 4) is 11.1 Å². The van der Waals surface area contributed by atoms with Gasteiger partial charge in [-0.15, -0.1) is 0 Å². The number of benzene rings is 2. The Labute approximate surface area is 233 Å². The first kappa shape index (κ1) is 29.7. The molecule has 2 N–H and O–H groups in total. The van der Waals surface area contributed by atoms with Crippen LogP contribution >= 0.6 is 0 Å². The number of nitrogens with zero attached hydrogens (tertiary/aromatic N) is 3. The highest BCUT2D eigenvalue weighted by molar-refractivity contribution is 5.70. The second-order valence-electron chi connectivity index (χ2n) is 10.8. The van der Waals surface area contributed by atoms with Crippen LogP contribution in [0.3, 0.4) is 0 Å². The molecule has 0 saturated carbocycles. The number of carbonyl (C=O) groups is 1. The topological polar surface area (TPSA) is 71.7 Å². The van der Waals surface area contributed by atoms with E-state index in [4.69, 9.17) is 10.5 Å². The summed E-state index contributed by atoms with van der Waals surface area (Å²) in [5.41, 5.74) is 7.92. The van der Waals surface area contributed by atoms with Gasteiger partial charge in [0.25, 0.3) is 0 Å². The molecule has 0 bridgehead atoms. The van der Waals surface area contributed by atoms with Crippen molar-refractivity contribution in [3.05, 3.63) is 89.7 Å². The first-order valence-corrected chi connectivity index (χ1v) is 13.5. The molecule has 4 rings (SSSR count). The van der Waals surface area contributed by atoms with Crippen LogP contribution in [0.4, 0.5) is 13.2 Å². The molecule has 1 aliphatic rings. The van der Waals surface area contributed by atoms with Crippen LogP contribution in [-0.4, -0.2) is 65.8 Å². The van der Waals surface area contributed by atoms with Gasteiger partial charge in [0.1, 0.15) is 6.61 Å². The lowest BCUT2D eigenvalue weighted by Gasteiger charge is -2.41. The minimum Gasteiger partial charge on any atom is -0.464 e. The van der Waals surface area contributed by atoms with Gasteiger partial charge in [-0.3, -0.25) is 19.6 Å². The van der Waals surface area contributed by atoms with Crippen LogP contribution in [0, 0.1) is 0 Å². The molecule has 3 aromatic rings. The van der Waals surface area contributed by atoms with Gasteiger partial charge < -0.3 is 10.5 Å². The number of piperazine rings is 1. The SMILES string of the molecule is CC(C)(c1ccc(-c2ccc(CN3CCN(Cc4ccncc4)[C@H](CC(=O)OCCN)C3)cc2)cc1)C(F)(F)F. The molecule has 1 fully saturated rings. The van der Waals surface area contributed by atoms with Crippen molar-refractivity contribution in [3.63, 3.8) is 0 Å². The summed E-state index contributed by atoms with van der Waals surface area (Å²) < 4.78 is 45.5. The van der Waals surface area contributed by atoms with E-state index in [1.54, 1.807) is 36.7 Å². The Morgan fingerprint density at radius 3 is 2.12 bits per heavy atom. The fourth-order valence-electron chi connectivity index (χ4n) is 4.95. The van der Waals surface area contributed by atoms with Crippen LogP contribution in [-0.2, 0) is 28.0 Å². The molecule has 6 nitrogen and oxygen atoms in total. The van der Waals surface area contributed by atoms with Gasteiger partial charge in [-0.2, -0.15) is 13.2 Å². The van der Waals surface area contributed by atoms with Crippen molar-refractivity contribution >= 4 is 5.97 Å². The first-order valence-electron chi connectivity index (χ1n) is 13.5. The van der Waals surface area contributed by atoms with Gasteiger partial charge in [-0.25, -0.2) is 0 Å². The van der Waals surface area contributed by atoms with Crippen molar-refractivity contribution < 1.29 is 22.7 Å². The van der Waals surface area contributed by atoms with Crippen LogP contribution in [0.1, 0.15) is 37.0 Å². The molecule has 214 valence electrons. The summed E-state index contributed by atoms with van der Waals surface area (Å²) in [7, 11) is 0. The molecule has 1 atom stereocenters. The van der Waals surface area contributed by atoms with Crippen molar-refractivity contribution in [2.45, 2.75) is 51.0 Å². The highest BCUT2D eigenvalue weighted by Crippen LogP contribution is 2.40. The quantitative estimate of drug-likeness (QED) is 0.349. The Morgan fingerprint density at radius 1 is 0.925 bits per heavy atom. The van der Waals surface area contributed by atoms with Crippen LogP contribution in [0.15, 0.2) is 73.1 Å². The van der Waals surface area contributed by atoms with Crippen molar-refractivity contribution in [1.29, 1.82) is 0 Å². The van der Waals surface area contributed by atoms with Crippen molar-refractivity contribution in [1.82, 2.24) is 14.8 Å². The van der Waals surface area contributed by atoms with E-state index >= 15 is 0 Å². The average Bonchev–Trinajstić information content (AvgIpc) is 2.94. The van der Waals surface area contributed by atoms with E-state index in [0.717, 1.165) is 55.0 Å². The maximum Gasteiger partial charge on any atom is 0.397 e. The van der Waals surface area contributed by atoms with Gasteiger partial charge in [0.15, 0.2) is 0 Å². The molecule has 9 heteroatoms. The zero-order valence-electron chi connectivity index (χ0n) is 23.0. The Bertz CT molecular complexity index is 1230. The predicted octanol–water partition coefficient (Wildman–Crippen LogP) is 5.17. The third-order valence-corrected chi connectivity index (χ3v) is 7.62. The Balaban J connectivity index is 1.40. The lowest BCUT2D eigenvalue weighted by Crippen LogP contribution is -2.53. The molecule has 2 aromatic carbocycles. The van der Waals surface area contributed by atoms with E-state index in [1.807, 2.05) is 24.3 Å². The van der Waals surface area contributed by atoms with Gasteiger partial charge in [0.05, 0.1) is 11.8 Å². The van der Waals surface area contributed by atoms with E-state index in [-0.39, 0.29) is 24.2 Å².